The lowest BCUT2D eigenvalue weighted by molar-refractivity contribution is 0.170. The number of pyridine rings is 1. The summed E-state index contributed by atoms with van der Waals surface area (Å²) in [4.78, 5) is 3.94. The van der Waals surface area contributed by atoms with Crippen molar-refractivity contribution in [1.82, 2.24) is 4.98 Å². The van der Waals surface area contributed by atoms with Crippen LogP contribution >= 0.6 is 11.6 Å². The van der Waals surface area contributed by atoms with Crippen LogP contribution in [0.5, 0.6) is 11.6 Å². The molecule has 0 amide bonds. The molecule has 0 aliphatic carbocycles. The van der Waals surface area contributed by atoms with Crippen molar-refractivity contribution in [2.45, 2.75) is 6.92 Å². The minimum Gasteiger partial charge on any atom is -0.451 e. The van der Waals surface area contributed by atoms with Gasteiger partial charge in [-0.3, -0.25) is 0 Å². The first-order valence-electron chi connectivity index (χ1n) is 3.20. The van der Waals surface area contributed by atoms with Crippen LogP contribution in [-0.2, 0) is 0 Å². The molecule has 3 nitrogen and oxygen atoms in total. The summed E-state index contributed by atoms with van der Waals surface area (Å²) < 4.78 is 10.2. The molecular weight excluding hydrogens is 166 g/mol. The number of hydrogen-bond acceptors (Lipinski definition) is 3. The standard InChI is InChI=1S/C7H6ClNO2/c1-4-5(8)2-9-7-6(4)10-3-11-7/h2H,3H2,1H3. The molecule has 0 unspecified atom stereocenters. The van der Waals surface area contributed by atoms with Crippen molar-refractivity contribution in [3.8, 4) is 11.6 Å². The van der Waals surface area contributed by atoms with Crippen LogP contribution in [0, 0.1) is 6.92 Å². The smallest absolute Gasteiger partial charge is 0.260 e. The molecule has 0 radical (unpaired) electrons. The Morgan fingerprint density at radius 3 is 3.18 bits per heavy atom. The maximum absolute atomic E-state index is 5.79. The van der Waals surface area contributed by atoms with Gasteiger partial charge in [0.25, 0.3) is 5.88 Å². The molecule has 4 heteroatoms. The molecule has 2 rings (SSSR count). The second-order valence-corrected chi connectivity index (χ2v) is 2.68. The lowest BCUT2D eigenvalue weighted by atomic mass is 10.3. The SMILES string of the molecule is Cc1c(Cl)cnc2c1OCO2. The van der Waals surface area contributed by atoms with Crippen molar-refractivity contribution in [3.05, 3.63) is 16.8 Å². The molecule has 0 fully saturated rings. The highest BCUT2D eigenvalue weighted by Crippen LogP contribution is 2.36. The molecule has 58 valence electrons. The Hall–Kier alpha value is -0.960. The van der Waals surface area contributed by atoms with E-state index in [0.717, 1.165) is 5.56 Å². The van der Waals surface area contributed by atoms with E-state index in [1.165, 1.54) is 0 Å². The van der Waals surface area contributed by atoms with Gasteiger partial charge in [0.05, 0.1) is 11.2 Å². The Morgan fingerprint density at radius 1 is 1.55 bits per heavy atom. The van der Waals surface area contributed by atoms with Crippen molar-refractivity contribution in [1.29, 1.82) is 0 Å². The van der Waals surface area contributed by atoms with E-state index in [2.05, 4.69) is 4.98 Å². The van der Waals surface area contributed by atoms with Crippen LogP contribution in [0.2, 0.25) is 5.02 Å². The van der Waals surface area contributed by atoms with Crippen molar-refractivity contribution in [3.63, 3.8) is 0 Å². The molecule has 2 heterocycles. The normalized spacial score (nSPS) is 13.6. The molecule has 0 saturated heterocycles. The Balaban J connectivity index is 2.62. The Labute approximate surface area is 68.9 Å². The van der Waals surface area contributed by atoms with Gasteiger partial charge in [0.1, 0.15) is 0 Å². The van der Waals surface area contributed by atoms with Crippen LogP contribution in [0.15, 0.2) is 6.20 Å². The van der Waals surface area contributed by atoms with E-state index in [1.54, 1.807) is 6.20 Å². The first-order chi connectivity index (χ1) is 5.29. The summed E-state index contributed by atoms with van der Waals surface area (Å²) in [6.07, 6.45) is 1.56. The summed E-state index contributed by atoms with van der Waals surface area (Å²) in [5.41, 5.74) is 0.883. The first kappa shape index (κ1) is 6.73. The van der Waals surface area contributed by atoms with Gasteiger partial charge in [0.15, 0.2) is 5.75 Å². The topological polar surface area (TPSA) is 31.4 Å². The third-order valence-corrected chi connectivity index (χ3v) is 1.97. The minimum atomic E-state index is 0.240. The summed E-state index contributed by atoms with van der Waals surface area (Å²) in [6.45, 7) is 2.11. The Morgan fingerprint density at radius 2 is 2.36 bits per heavy atom. The fourth-order valence-electron chi connectivity index (χ4n) is 0.957. The molecule has 1 aromatic rings. The predicted octanol–water partition coefficient (Wildman–Crippen LogP) is 1.77. The lowest BCUT2D eigenvalue weighted by Gasteiger charge is -1.99. The molecule has 0 N–H and O–H groups in total. The maximum Gasteiger partial charge on any atom is 0.260 e. The fraction of sp³-hybridized carbons (Fsp3) is 0.286. The van der Waals surface area contributed by atoms with Crippen LogP contribution in [0.25, 0.3) is 0 Å². The fourth-order valence-corrected chi connectivity index (χ4v) is 1.09. The van der Waals surface area contributed by atoms with E-state index in [-0.39, 0.29) is 6.79 Å². The monoisotopic (exact) mass is 171 g/mol. The van der Waals surface area contributed by atoms with E-state index in [0.29, 0.717) is 16.7 Å². The molecular formula is C7H6ClNO2. The van der Waals surface area contributed by atoms with Gasteiger partial charge in [-0.05, 0) is 6.92 Å². The van der Waals surface area contributed by atoms with Gasteiger partial charge in [-0.25, -0.2) is 4.98 Å². The van der Waals surface area contributed by atoms with Crippen LogP contribution in [-0.4, -0.2) is 11.8 Å². The van der Waals surface area contributed by atoms with Crippen LogP contribution in [0.3, 0.4) is 0 Å². The number of fused-ring (bicyclic) bond motifs is 1. The summed E-state index contributed by atoms with van der Waals surface area (Å²) in [7, 11) is 0. The van der Waals surface area contributed by atoms with E-state index in [1.807, 2.05) is 6.92 Å². The molecule has 0 aromatic carbocycles. The third kappa shape index (κ3) is 0.922. The zero-order chi connectivity index (χ0) is 7.84. The second kappa shape index (κ2) is 2.27. The predicted molar refractivity (Wildman–Crippen MR) is 40.1 cm³/mol. The Bertz CT molecular complexity index is 301. The summed E-state index contributed by atoms with van der Waals surface area (Å²) in [6, 6.07) is 0. The van der Waals surface area contributed by atoms with Crippen molar-refractivity contribution >= 4 is 11.6 Å². The zero-order valence-corrected chi connectivity index (χ0v) is 6.68. The highest BCUT2D eigenvalue weighted by Gasteiger charge is 2.18. The largest absolute Gasteiger partial charge is 0.451 e. The molecule has 1 aliphatic rings. The quantitative estimate of drug-likeness (QED) is 0.596. The highest BCUT2D eigenvalue weighted by atomic mass is 35.5. The molecule has 0 bridgehead atoms. The Kier molecular flexibility index (Phi) is 1.39. The molecule has 0 saturated carbocycles. The van der Waals surface area contributed by atoms with Crippen LogP contribution in [0.1, 0.15) is 5.56 Å². The highest BCUT2D eigenvalue weighted by molar-refractivity contribution is 6.31. The molecule has 1 aromatic heterocycles. The molecule has 0 atom stereocenters. The first-order valence-corrected chi connectivity index (χ1v) is 3.57. The minimum absolute atomic E-state index is 0.240. The molecule has 0 spiro atoms. The van der Waals surface area contributed by atoms with E-state index in [9.17, 15) is 0 Å². The second-order valence-electron chi connectivity index (χ2n) is 2.27. The number of halogens is 1. The zero-order valence-electron chi connectivity index (χ0n) is 5.93. The van der Waals surface area contributed by atoms with Crippen molar-refractivity contribution in [2.75, 3.05) is 6.79 Å². The summed E-state index contributed by atoms with van der Waals surface area (Å²) in [5, 5.41) is 0.606. The van der Waals surface area contributed by atoms with Gasteiger partial charge in [0, 0.05) is 5.56 Å². The maximum atomic E-state index is 5.79. The molecule has 11 heavy (non-hydrogen) atoms. The lowest BCUT2D eigenvalue weighted by Crippen LogP contribution is -1.93. The molecule has 1 aliphatic heterocycles. The summed E-state index contributed by atoms with van der Waals surface area (Å²) in [5.74, 6) is 1.20. The van der Waals surface area contributed by atoms with Gasteiger partial charge in [-0.1, -0.05) is 11.6 Å². The van der Waals surface area contributed by atoms with Crippen LogP contribution in [0.4, 0.5) is 0 Å². The van der Waals surface area contributed by atoms with Gasteiger partial charge in [-0.15, -0.1) is 0 Å². The van der Waals surface area contributed by atoms with E-state index >= 15 is 0 Å². The van der Waals surface area contributed by atoms with E-state index < -0.39 is 0 Å². The number of aromatic nitrogens is 1. The van der Waals surface area contributed by atoms with Gasteiger partial charge >= 0.3 is 0 Å². The van der Waals surface area contributed by atoms with Gasteiger partial charge in [-0.2, -0.15) is 0 Å². The van der Waals surface area contributed by atoms with E-state index in [4.69, 9.17) is 21.1 Å². The average Bonchev–Trinajstić information content (AvgIpc) is 2.45. The summed E-state index contributed by atoms with van der Waals surface area (Å²) >= 11 is 5.79. The van der Waals surface area contributed by atoms with Crippen molar-refractivity contribution < 1.29 is 9.47 Å². The average molecular weight is 172 g/mol. The van der Waals surface area contributed by atoms with Gasteiger partial charge in [0.2, 0.25) is 6.79 Å². The van der Waals surface area contributed by atoms with Crippen molar-refractivity contribution in [2.24, 2.45) is 0 Å². The van der Waals surface area contributed by atoms with Crippen LogP contribution < -0.4 is 9.47 Å². The number of nitrogens with zero attached hydrogens (tertiary/aromatic N) is 1. The third-order valence-electron chi connectivity index (χ3n) is 1.59. The number of rotatable bonds is 0. The number of hydrogen-bond donors (Lipinski definition) is 0. The van der Waals surface area contributed by atoms with Gasteiger partial charge < -0.3 is 9.47 Å². The number of ether oxygens (including phenoxy) is 2.